The largest absolute Gasteiger partial charge is 0.376 e. The van der Waals surface area contributed by atoms with E-state index >= 15 is 0 Å². The Morgan fingerprint density at radius 1 is 0.862 bits per heavy atom. The second-order valence-corrected chi connectivity index (χ2v) is 7.96. The van der Waals surface area contributed by atoms with E-state index in [0.29, 0.717) is 16.9 Å². The summed E-state index contributed by atoms with van der Waals surface area (Å²) in [5.41, 5.74) is 2.06. The molecule has 0 aliphatic carbocycles. The number of rotatable bonds is 6. The summed E-state index contributed by atoms with van der Waals surface area (Å²) in [4.78, 5) is 37.7. The maximum absolute atomic E-state index is 12.2. The van der Waals surface area contributed by atoms with Gasteiger partial charge in [0.2, 0.25) is 11.8 Å². The summed E-state index contributed by atoms with van der Waals surface area (Å²) in [7, 11) is 3.38. The van der Waals surface area contributed by atoms with Crippen molar-refractivity contribution in [3.8, 4) is 0 Å². The van der Waals surface area contributed by atoms with Gasteiger partial charge in [0.25, 0.3) is 5.91 Å². The van der Waals surface area contributed by atoms with E-state index in [1.54, 1.807) is 56.6 Å². The monoisotopic (exact) mass is 396 g/mol. The zero-order valence-electron chi connectivity index (χ0n) is 17.5. The Bertz CT molecular complexity index is 884. The predicted molar refractivity (Wildman–Crippen MR) is 116 cm³/mol. The number of nitrogens with one attached hydrogen (secondary N) is 3. The van der Waals surface area contributed by atoms with Crippen LogP contribution in [0.1, 0.15) is 31.1 Å². The number of nitrogens with zero attached hydrogens (tertiary/aromatic N) is 1. The second kappa shape index (κ2) is 9.23. The highest BCUT2D eigenvalue weighted by Crippen LogP contribution is 2.20. The van der Waals surface area contributed by atoms with Crippen LogP contribution in [-0.4, -0.2) is 43.3 Å². The van der Waals surface area contributed by atoms with Gasteiger partial charge in [-0.15, -0.1) is 0 Å². The minimum Gasteiger partial charge on any atom is -0.376 e. The quantitative estimate of drug-likeness (QED) is 0.698. The molecule has 0 aliphatic heterocycles. The number of anilines is 3. The Labute approximate surface area is 171 Å². The average Bonchev–Trinajstić information content (AvgIpc) is 2.66. The summed E-state index contributed by atoms with van der Waals surface area (Å²) in [5, 5.41) is 8.68. The van der Waals surface area contributed by atoms with E-state index in [1.807, 2.05) is 26.8 Å². The highest BCUT2D eigenvalue weighted by Gasteiger charge is 2.21. The molecule has 154 valence electrons. The van der Waals surface area contributed by atoms with Crippen molar-refractivity contribution in [2.45, 2.75) is 20.8 Å². The molecule has 0 unspecified atom stereocenters. The van der Waals surface area contributed by atoms with Gasteiger partial charge in [-0.05, 0) is 42.5 Å². The van der Waals surface area contributed by atoms with E-state index < -0.39 is 5.41 Å². The van der Waals surface area contributed by atoms with Crippen molar-refractivity contribution in [2.24, 2.45) is 5.41 Å². The summed E-state index contributed by atoms with van der Waals surface area (Å²) in [6.07, 6.45) is 0. The molecular weight excluding hydrogens is 368 g/mol. The zero-order chi connectivity index (χ0) is 21.6. The van der Waals surface area contributed by atoms with E-state index in [1.165, 1.54) is 4.90 Å². The molecule has 3 N–H and O–H groups in total. The van der Waals surface area contributed by atoms with Crippen LogP contribution in [0.5, 0.6) is 0 Å². The molecule has 0 saturated heterocycles. The molecule has 3 amide bonds. The molecule has 0 atom stereocenters. The Balaban J connectivity index is 1.90. The highest BCUT2D eigenvalue weighted by atomic mass is 16.2. The maximum atomic E-state index is 12.2. The highest BCUT2D eigenvalue weighted by molar-refractivity contribution is 5.97. The minimum atomic E-state index is -0.490. The van der Waals surface area contributed by atoms with Crippen LogP contribution in [0.15, 0.2) is 48.5 Å². The standard InChI is InChI=1S/C22H28N4O3/c1-22(2,3)21(29)25-18-8-6-7-17(13-18)23-14-19(27)24-16-11-9-15(10-12-16)20(28)26(4)5/h6-13,23H,14H2,1-5H3,(H,24,27)(H,25,29). The van der Waals surface area contributed by atoms with Gasteiger partial charge in [-0.2, -0.15) is 0 Å². The Hall–Kier alpha value is -3.35. The van der Waals surface area contributed by atoms with E-state index in [4.69, 9.17) is 0 Å². The predicted octanol–water partition coefficient (Wildman–Crippen LogP) is 3.42. The lowest BCUT2D eigenvalue weighted by Crippen LogP contribution is -2.27. The Morgan fingerprint density at radius 3 is 2.07 bits per heavy atom. The van der Waals surface area contributed by atoms with Crippen LogP contribution in [0, 0.1) is 5.41 Å². The van der Waals surface area contributed by atoms with E-state index in [9.17, 15) is 14.4 Å². The summed E-state index contributed by atoms with van der Waals surface area (Å²) in [5.74, 6) is -0.396. The molecule has 0 aliphatic rings. The molecule has 7 nitrogen and oxygen atoms in total. The number of amides is 3. The maximum Gasteiger partial charge on any atom is 0.253 e. The third kappa shape index (κ3) is 6.64. The molecule has 2 aromatic carbocycles. The van der Waals surface area contributed by atoms with Crippen molar-refractivity contribution < 1.29 is 14.4 Å². The fourth-order valence-electron chi connectivity index (χ4n) is 2.37. The Morgan fingerprint density at radius 2 is 1.48 bits per heavy atom. The number of hydrogen-bond acceptors (Lipinski definition) is 4. The van der Waals surface area contributed by atoms with E-state index in [2.05, 4.69) is 16.0 Å². The van der Waals surface area contributed by atoms with Crippen LogP contribution in [-0.2, 0) is 9.59 Å². The van der Waals surface area contributed by atoms with Gasteiger partial charge in [-0.3, -0.25) is 14.4 Å². The minimum absolute atomic E-state index is 0.0645. The molecule has 29 heavy (non-hydrogen) atoms. The zero-order valence-corrected chi connectivity index (χ0v) is 17.5. The van der Waals surface area contributed by atoms with Gasteiger partial charge < -0.3 is 20.9 Å². The summed E-state index contributed by atoms with van der Waals surface area (Å²) in [6.45, 7) is 5.60. The molecule has 0 radical (unpaired) electrons. The topological polar surface area (TPSA) is 90.5 Å². The molecule has 0 saturated carbocycles. The van der Waals surface area contributed by atoms with Crippen LogP contribution < -0.4 is 16.0 Å². The second-order valence-electron chi connectivity index (χ2n) is 7.96. The number of hydrogen-bond donors (Lipinski definition) is 3. The number of carbonyl (C=O) groups is 3. The van der Waals surface area contributed by atoms with Gasteiger partial charge in [-0.25, -0.2) is 0 Å². The first-order valence-corrected chi connectivity index (χ1v) is 9.33. The summed E-state index contributed by atoms with van der Waals surface area (Å²) >= 11 is 0. The normalized spacial score (nSPS) is 10.8. The van der Waals surface area contributed by atoms with Crippen molar-refractivity contribution >= 4 is 34.8 Å². The van der Waals surface area contributed by atoms with Gasteiger partial charge >= 0.3 is 0 Å². The van der Waals surface area contributed by atoms with Gasteiger partial charge in [0.05, 0.1) is 6.54 Å². The average molecular weight is 396 g/mol. The van der Waals surface area contributed by atoms with Crippen molar-refractivity contribution in [3.05, 3.63) is 54.1 Å². The van der Waals surface area contributed by atoms with Gasteiger partial charge in [0.1, 0.15) is 0 Å². The van der Waals surface area contributed by atoms with Gasteiger partial charge in [-0.1, -0.05) is 26.8 Å². The van der Waals surface area contributed by atoms with Crippen LogP contribution in [0.4, 0.5) is 17.1 Å². The molecule has 2 aromatic rings. The lowest BCUT2D eigenvalue weighted by Gasteiger charge is -2.18. The van der Waals surface area contributed by atoms with Crippen molar-refractivity contribution in [2.75, 3.05) is 36.6 Å². The first kappa shape index (κ1) is 21.9. The SMILES string of the molecule is CN(C)C(=O)c1ccc(NC(=O)CNc2cccc(NC(=O)C(C)(C)C)c2)cc1. The molecule has 0 heterocycles. The van der Waals surface area contributed by atoms with Crippen molar-refractivity contribution in [1.29, 1.82) is 0 Å². The van der Waals surface area contributed by atoms with E-state index in [0.717, 1.165) is 5.69 Å². The molecular formula is C22H28N4O3. The smallest absolute Gasteiger partial charge is 0.253 e. The van der Waals surface area contributed by atoms with Gasteiger partial charge in [0, 0.05) is 42.1 Å². The molecule has 0 spiro atoms. The molecule has 7 heteroatoms. The first-order valence-electron chi connectivity index (χ1n) is 9.33. The number of carbonyl (C=O) groups excluding carboxylic acids is 3. The fourth-order valence-corrected chi connectivity index (χ4v) is 2.37. The molecule has 0 fully saturated rings. The van der Waals surface area contributed by atoms with Crippen LogP contribution >= 0.6 is 0 Å². The number of benzene rings is 2. The first-order chi connectivity index (χ1) is 13.6. The Kier molecular flexibility index (Phi) is 6.98. The molecule has 0 aromatic heterocycles. The van der Waals surface area contributed by atoms with Gasteiger partial charge in [0.15, 0.2) is 0 Å². The van der Waals surface area contributed by atoms with Crippen LogP contribution in [0.25, 0.3) is 0 Å². The third-order valence-electron chi connectivity index (χ3n) is 4.08. The van der Waals surface area contributed by atoms with E-state index in [-0.39, 0.29) is 24.3 Å². The molecule has 0 bridgehead atoms. The fraction of sp³-hybridized carbons (Fsp3) is 0.318. The lowest BCUT2D eigenvalue weighted by atomic mass is 9.95. The summed E-state index contributed by atoms with van der Waals surface area (Å²) in [6, 6.07) is 13.9. The molecule has 2 rings (SSSR count). The van der Waals surface area contributed by atoms with Crippen molar-refractivity contribution in [1.82, 2.24) is 4.90 Å². The van der Waals surface area contributed by atoms with Crippen LogP contribution in [0.2, 0.25) is 0 Å². The van der Waals surface area contributed by atoms with Crippen molar-refractivity contribution in [3.63, 3.8) is 0 Å². The summed E-state index contributed by atoms with van der Waals surface area (Å²) < 4.78 is 0. The lowest BCUT2D eigenvalue weighted by molar-refractivity contribution is -0.123. The van der Waals surface area contributed by atoms with Crippen LogP contribution in [0.3, 0.4) is 0 Å². The third-order valence-corrected chi connectivity index (χ3v) is 4.08.